The molecule has 1 N–H and O–H groups in total. The average molecular weight is 340 g/mol. The lowest BCUT2D eigenvalue weighted by Crippen LogP contribution is -2.30. The second-order valence-corrected chi connectivity index (χ2v) is 5.75. The van der Waals surface area contributed by atoms with Gasteiger partial charge in [-0.1, -0.05) is 25.1 Å². The van der Waals surface area contributed by atoms with Crippen LogP contribution in [0.5, 0.6) is 0 Å². The van der Waals surface area contributed by atoms with E-state index in [0.717, 1.165) is 18.8 Å². The molecule has 8 heteroatoms. The van der Waals surface area contributed by atoms with Crippen LogP contribution in [0.25, 0.3) is 10.8 Å². The standard InChI is InChI=1S/C17H20N6O2/c1-4-9-22-11(2)19-20-14(22)10-23-17(25)13-8-6-5-7-12(13)15(21-23)16(24)18-3/h5-8H,4,9-10H2,1-3H3,(H,18,24). The highest BCUT2D eigenvalue weighted by molar-refractivity contribution is 6.04. The molecule has 0 unspecified atom stereocenters. The summed E-state index contributed by atoms with van der Waals surface area (Å²) in [5, 5.41) is 16.1. The molecule has 2 aromatic heterocycles. The maximum atomic E-state index is 12.8. The number of nitrogens with zero attached hydrogens (tertiary/aromatic N) is 5. The third-order valence-electron chi connectivity index (χ3n) is 4.06. The summed E-state index contributed by atoms with van der Waals surface area (Å²) in [6, 6.07) is 6.97. The van der Waals surface area contributed by atoms with Gasteiger partial charge in [0.1, 0.15) is 12.4 Å². The van der Waals surface area contributed by atoms with Gasteiger partial charge in [0.15, 0.2) is 11.5 Å². The number of rotatable bonds is 5. The topological polar surface area (TPSA) is 94.7 Å². The van der Waals surface area contributed by atoms with Crippen LogP contribution in [0.4, 0.5) is 0 Å². The van der Waals surface area contributed by atoms with Gasteiger partial charge < -0.3 is 9.88 Å². The van der Waals surface area contributed by atoms with E-state index in [-0.39, 0.29) is 23.7 Å². The van der Waals surface area contributed by atoms with Gasteiger partial charge in [0.05, 0.1) is 5.39 Å². The maximum Gasteiger partial charge on any atom is 0.275 e. The van der Waals surface area contributed by atoms with Crippen LogP contribution in [0.1, 0.15) is 35.5 Å². The van der Waals surface area contributed by atoms with Crippen molar-refractivity contribution < 1.29 is 4.79 Å². The third-order valence-corrected chi connectivity index (χ3v) is 4.06. The SMILES string of the molecule is CCCn1c(C)nnc1Cn1nc(C(=O)NC)c2ccccc2c1=O. The van der Waals surface area contributed by atoms with Gasteiger partial charge in [-0.3, -0.25) is 9.59 Å². The Hall–Kier alpha value is -3.03. The minimum absolute atomic E-state index is 0.161. The summed E-state index contributed by atoms with van der Waals surface area (Å²) in [4.78, 5) is 25.0. The lowest BCUT2D eigenvalue weighted by Gasteiger charge is -2.11. The minimum Gasteiger partial charge on any atom is -0.354 e. The van der Waals surface area contributed by atoms with E-state index in [4.69, 9.17) is 0 Å². The van der Waals surface area contributed by atoms with Gasteiger partial charge >= 0.3 is 0 Å². The molecule has 8 nitrogen and oxygen atoms in total. The Labute approximate surface area is 144 Å². The van der Waals surface area contributed by atoms with E-state index in [1.54, 1.807) is 24.3 Å². The Kier molecular flexibility index (Phi) is 4.60. The van der Waals surface area contributed by atoms with E-state index in [1.807, 2.05) is 11.5 Å². The number of hydrogen-bond donors (Lipinski definition) is 1. The predicted octanol–water partition coefficient (Wildman–Crippen LogP) is 1.11. The van der Waals surface area contributed by atoms with Crippen molar-refractivity contribution in [3.05, 3.63) is 52.0 Å². The van der Waals surface area contributed by atoms with Crippen molar-refractivity contribution >= 4 is 16.7 Å². The molecule has 0 saturated heterocycles. The maximum absolute atomic E-state index is 12.8. The van der Waals surface area contributed by atoms with Gasteiger partial charge in [0.25, 0.3) is 11.5 Å². The number of hydrogen-bond acceptors (Lipinski definition) is 5. The molecule has 0 bridgehead atoms. The van der Waals surface area contributed by atoms with E-state index in [2.05, 4.69) is 27.5 Å². The number of carbonyl (C=O) groups excluding carboxylic acids is 1. The fraction of sp³-hybridized carbons (Fsp3) is 0.353. The zero-order chi connectivity index (χ0) is 18.0. The molecule has 130 valence electrons. The molecule has 0 atom stereocenters. The normalized spacial score (nSPS) is 11.0. The first-order valence-corrected chi connectivity index (χ1v) is 8.17. The van der Waals surface area contributed by atoms with Gasteiger partial charge in [-0.25, -0.2) is 4.68 Å². The Morgan fingerprint density at radius 1 is 1.20 bits per heavy atom. The van der Waals surface area contributed by atoms with Crippen molar-refractivity contribution in [1.82, 2.24) is 29.9 Å². The monoisotopic (exact) mass is 340 g/mol. The highest BCUT2D eigenvalue weighted by atomic mass is 16.2. The summed E-state index contributed by atoms with van der Waals surface area (Å²) in [7, 11) is 1.54. The van der Waals surface area contributed by atoms with Crippen LogP contribution >= 0.6 is 0 Å². The predicted molar refractivity (Wildman–Crippen MR) is 93.5 cm³/mol. The van der Waals surface area contributed by atoms with Crippen LogP contribution in [0, 0.1) is 6.92 Å². The van der Waals surface area contributed by atoms with E-state index in [0.29, 0.717) is 16.6 Å². The van der Waals surface area contributed by atoms with Gasteiger partial charge in [-0.05, 0) is 19.4 Å². The molecule has 2 heterocycles. The zero-order valence-electron chi connectivity index (χ0n) is 14.5. The molecule has 0 aliphatic heterocycles. The summed E-state index contributed by atoms with van der Waals surface area (Å²) in [6.07, 6.45) is 0.926. The van der Waals surface area contributed by atoms with Crippen LogP contribution in [0.2, 0.25) is 0 Å². The molecule has 0 radical (unpaired) electrons. The van der Waals surface area contributed by atoms with E-state index in [1.165, 1.54) is 11.7 Å². The second-order valence-electron chi connectivity index (χ2n) is 5.75. The first-order chi connectivity index (χ1) is 12.1. The molecular formula is C17H20N6O2. The van der Waals surface area contributed by atoms with Crippen LogP contribution in [0.15, 0.2) is 29.1 Å². The van der Waals surface area contributed by atoms with Crippen molar-refractivity contribution in [3.63, 3.8) is 0 Å². The summed E-state index contributed by atoms with van der Waals surface area (Å²) in [6.45, 7) is 4.86. The minimum atomic E-state index is -0.337. The van der Waals surface area contributed by atoms with Crippen LogP contribution in [0.3, 0.4) is 0 Å². The molecule has 1 amide bonds. The number of carbonyl (C=O) groups is 1. The molecule has 0 aliphatic carbocycles. The average Bonchev–Trinajstić information content (AvgIpc) is 2.97. The molecular weight excluding hydrogens is 320 g/mol. The van der Waals surface area contributed by atoms with Gasteiger partial charge in [0.2, 0.25) is 0 Å². The lowest BCUT2D eigenvalue weighted by molar-refractivity contribution is 0.0957. The Morgan fingerprint density at radius 3 is 2.60 bits per heavy atom. The fourth-order valence-corrected chi connectivity index (χ4v) is 2.82. The highest BCUT2D eigenvalue weighted by Crippen LogP contribution is 2.14. The Balaban J connectivity index is 2.15. The van der Waals surface area contributed by atoms with E-state index < -0.39 is 0 Å². The molecule has 0 saturated carbocycles. The van der Waals surface area contributed by atoms with Gasteiger partial charge in [0, 0.05) is 19.0 Å². The number of fused-ring (bicyclic) bond motifs is 1. The quantitative estimate of drug-likeness (QED) is 0.751. The summed E-state index contributed by atoms with van der Waals surface area (Å²) < 4.78 is 3.24. The fourth-order valence-electron chi connectivity index (χ4n) is 2.82. The molecule has 1 aromatic carbocycles. The second kappa shape index (κ2) is 6.84. The number of nitrogens with one attached hydrogen (secondary N) is 1. The molecule has 0 fully saturated rings. The number of amides is 1. The number of aryl methyl sites for hydroxylation is 1. The molecule has 25 heavy (non-hydrogen) atoms. The van der Waals surface area contributed by atoms with Gasteiger partial charge in [-0.2, -0.15) is 5.10 Å². The summed E-state index contributed by atoms with van der Waals surface area (Å²) in [5.74, 6) is 1.10. The van der Waals surface area contributed by atoms with Crippen molar-refractivity contribution in [3.8, 4) is 0 Å². The largest absolute Gasteiger partial charge is 0.354 e. The molecule has 0 spiro atoms. The van der Waals surface area contributed by atoms with Crippen molar-refractivity contribution in [2.75, 3.05) is 7.05 Å². The molecule has 3 rings (SSSR count). The van der Waals surface area contributed by atoms with Crippen LogP contribution < -0.4 is 10.9 Å². The van der Waals surface area contributed by atoms with Crippen molar-refractivity contribution in [2.45, 2.75) is 33.4 Å². The van der Waals surface area contributed by atoms with Crippen LogP contribution in [-0.4, -0.2) is 37.5 Å². The lowest BCUT2D eigenvalue weighted by atomic mass is 10.1. The molecule has 3 aromatic rings. The summed E-state index contributed by atoms with van der Waals surface area (Å²) >= 11 is 0. The zero-order valence-corrected chi connectivity index (χ0v) is 14.5. The Morgan fingerprint density at radius 2 is 1.92 bits per heavy atom. The molecule has 0 aliphatic rings. The van der Waals surface area contributed by atoms with Crippen LogP contribution in [-0.2, 0) is 13.1 Å². The smallest absolute Gasteiger partial charge is 0.275 e. The summed E-state index contributed by atoms with van der Waals surface area (Å²) in [5.41, 5.74) is -0.0390. The van der Waals surface area contributed by atoms with Crippen molar-refractivity contribution in [2.24, 2.45) is 0 Å². The third kappa shape index (κ3) is 3.02. The van der Waals surface area contributed by atoms with E-state index in [9.17, 15) is 9.59 Å². The number of benzene rings is 1. The first kappa shape index (κ1) is 16.8. The van der Waals surface area contributed by atoms with Gasteiger partial charge in [-0.15, -0.1) is 10.2 Å². The Bertz CT molecular complexity index is 988. The van der Waals surface area contributed by atoms with Crippen molar-refractivity contribution in [1.29, 1.82) is 0 Å². The highest BCUT2D eigenvalue weighted by Gasteiger charge is 2.17. The number of aromatic nitrogens is 5. The van der Waals surface area contributed by atoms with E-state index >= 15 is 0 Å². The first-order valence-electron chi connectivity index (χ1n) is 8.17.